The highest BCUT2D eigenvalue weighted by atomic mass is 14.0. The second-order valence-corrected chi connectivity index (χ2v) is 4.53. The van der Waals surface area contributed by atoms with Gasteiger partial charge >= 0.3 is 0 Å². The second-order valence-electron chi connectivity index (χ2n) is 4.53. The summed E-state index contributed by atoms with van der Waals surface area (Å²) >= 11 is 0. The zero-order chi connectivity index (χ0) is 8.85. The average molecular weight is 152 g/mol. The molecule has 0 aromatic rings. The third-order valence-electron chi connectivity index (χ3n) is 2.19. The molecule has 0 rings (SSSR count). The minimum Gasteiger partial charge on any atom is -0.0897 e. The topological polar surface area (TPSA) is 0 Å². The Morgan fingerprint density at radius 1 is 1.09 bits per heavy atom. The van der Waals surface area contributed by atoms with Crippen molar-refractivity contribution in [2.45, 2.75) is 52.5 Å². The number of rotatable bonds is 5. The van der Waals surface area contributed by atoms with Crippen LogP contribution in [0.5, 0.6) is 0 Å². The van der Waals surface area contributed by atoms with Crippen LogP contribution >= 0.6 is 0 Å². The lowest BCUT2D eigenvalue weighted by atomic mass is 9.40. The van der Waals surface area contributed by atoms with Gasteiger partial charge in [-0.15, -0.1) is 0 Å². The summed E-state index contributed by atoms with van der Waals surface area (Å²) in [6.07, 6.45) is 1.41. The molecule has 0 spiro atoms. The molecule has 1 atom stereocenters. The Labute approximate surface area is 73.6 Å². The molecular weight excluding hydrogens is 130 g/mol. The molecule has 2 heteroatoms. The zero-order valence-electron chi connectivity index (χ0n) is 8.85. The highest BCUT2D eigenvalue weighted by molar-refractivity contribution is 6.58. The van der Waals surface area contributed by atoms with E-state index in [9.17, 15) is 0 Å². The third kappa shape index (κ3) is 6.52. The van der Waals surface area contributed by atoms with E-state index >= 15 is 0 Å². The van der Waals surface area contributed by atoms with Gasteiger partial charge in [0.05, 0.1) is 0 Å². The van der Waals surface area contributed by atoms with E-state index in [2.05, 4.69) is 34.5 Å². The monoisotopic (exact) mass is 152 g/mol. The van der Waals surface area contributed by atoms with Crippen molar-refractivity contribution in [1.29, 1.82) is 0 Å². The Hall–Kier alpha value is 0.130. The van der Waals surface area contributed by atoms with Crippen molar-refractivity contribution < 1.29 is 0 Å². The molecule has 0 aliphatic carbocycles. The molecule has 0 aromatic heterocycles. The van der Waals surface area contributed by atoms with Crippen LogP contribution in [0.15, 0.2) is 0 Å². The molecule has 0 fully saturated rings. The van der Waals surface area contributed by atoms with Crippen LogP contribution in [0.4, 0.5) is 0 Å². The van der Waals surface area contributed by atoms with E-state index < -0.39 is 0 Å². The second kappa shape index (κ2) is 5.74. The van der Waals surface area contributed by atoms with Crippen LogP contribution in [0.25, 0.3) is 0 Å². The standard InChI is InChI=1S/C9H22B2/c1-7(2)6-9(10-5)11-8(3)4/h7-11H,6H2,1-5H3/t9-/m1/s1. The molecule has 0 saturated heterocycles. The van der Waals surface area contributed by atoms with Crippen molar-refractivity contribution in [1.82, 2.24) is 0 Å². The van der Waals surface area contributed by atoms with Gasteiger partial charge in [-0.3, -0.25) is 0 Å². The van der Waals surface area contributed by atoms with Crippen LogP contribution in [0, 0.1) is 5.92 Å². The number of hydrogen-bond donors (Lipinski definition) is 0. The van der Waals surface area contributed by atoms with Gasteiger partial charge in [0.15, 0.2) is 0 Å². The van der Waals surface area contributed by atoms with Crippen molar-refractivity contribution in [3.63, 3.8) is 0 Å². The zero-order valence-corrected chi connectivity index (χ0v) is 8.85. The summed E-state index contributed by atoms with van der Waals surface area (Å²) in [6.45, 7) is 11.6. The maximum atomic E-state index is 2.32. The summed E-state index contributed by atoms with van der Waals surface area (Å²) in [6, 6.07) is 0. The third-order valence-corrected chi connectivity index (χ3v) is 2.19. The quantitative estimate of drug-likeness (QED) is 0.530. The maximum absolute atomic E-state index is 2.32. The van der Waals surface area contributed by atoms with E-state index in [1.54, 1.807) is 0 Å². The smallest absolute Gasteiger partial charge is 0.0897 e. The molecule has 0 saturated carbocycles. The van der Waals surface area contributed by atoms with Crippen molar-refractivity contribution >= 4 is 14.6 Å². The summed E-state index contributed by atoms with van der Waals surface area (Å²) in [5.74, 6) is 1.75. The van der Waals surface area contributed by atoms with Crippen LogP contribution in [-0.4, -0.2) is 14.6 Å². The summed E-state index contributed by atoms with van der Waals surface area (Å²) in [5.41, 5.74) is 0.968. The molecule has 0 aromatic carbocycles. The molecule has 0 bridgehead atoms. The Morgan fingerprint density at radius 2 is 1.64 bits per heavy atom. The van der Waals surface area contributed by atoms with Gasteiger partial charge in [-0.25, -0.2) is 0 Å². The molecular formula is C9H22B2. The van der Waals surface area contributed by atoms with Crippen molar-refractivity contribution in [3.8, 4) is 0 Å². The lowest BCUT2D eigenvalue weighted by molar-refractivity contribution is 0.605. The van der Waals surface area contributed by atoms with Gasteiger partial charge in [0.2, 0.25) is 0 Å². The highest BCUT2D eigenvalue weighted by Crippen LogP contribution is 2.19. The minimum absolute atomic E-state index is 0.874. The Morgan fingerprint density at radius 3 is 1.91 bits per heavy atom. The first-order valence-electron chi connectivity index (χ1n) is 5.06. The molecule has 0 aliphatic heterocycles. The number of hydrogen-bond acceptors (Lipinski definition) is 0. The summed E-state index contributed by atoms with van der Waals surface area (Å²) in [4.78, 5) is 0. The van der Waals surface area contributed by atoms with E-state index in [1.165, 1.54) is 21.0 Å². The molecule has 0 N–H and O–H groups in total. The van der Waals surface area contributed by atoms with Crippen molar-refractivity contribution in [2.75, 3.05) is 0 Å². The van der Waals surface area contributed by atoms with Crippen LogP contribution in [0.3, 0.4) is 0 Å². The van der Waals surface area contributed by atoms with Crippen LogP contribution in [0.1, 0.15) is 34.1 Å². The lowest BCUT2D eigenvalue weighted by Gasteiger charge is -2.16. The first-order valence-corrected chi connectivity index (χ1v) is 5.06. The van der Waals surface area contributed by atoms with Crippen LogP contribution in [0.2, 0.25) is 18.4 Å². The Kier molecular flexibility index (Phi) is 5.81. The predicted molar refractivity (Wildman–Crippen MR) is 58.5 cm³/mol. The van der Waals surface area contributed by atoms with Gasteiger partial charge in [0, 0.05) is 0 Å². The van der Waals surface area contributed by atoms with Crippen molar-refractivity contribution in [3.05, 3.63) is 0 Å². The van der Waals surface area contributed by atoms with E-state index in [0.29, 0.717) is 0 Å². The first-order chi connectivity index (χ1) is 5.06. The highest BCUT2D eigenvalue weighted by Gasteiger charge is 2.12. The molecule has 0 aliphatic rings. The van der Waals surface area contributed by atoms with Gasteiger partial charge in [-0.1, -0.05) is 52.5 Å². The predicted octanol–water partition coefficient (Wildman–Crippen LogP) is 2.53. The van der Waals surface area contributed by atoms with Crippen LogP contribution in [-0.2, 0) is 0 Å². The Balaban J connectivity index is 3.58. The van der Waals surface area contributed by atoms with E-state index in [1.807, 2.05) is 0 Å². The van der Waals surface area contributed by atoms with Gasteiger partial charge in [-0.05, 0) is 5.92 Å². The fourth-order valence-electron chi connectivity index (χ4n) is 1.76. The molecule has 0 heterocycles. The van der Waals surface area contributed by atoms with Gasteiger partial charge < -0.3 is 0 Å². The fraction of sp³-hybridized carbons (Fsp3) is 1.00. The minimum atomic E-state index is 0.874. The SMILES string of the molecule is CB[C@H](BC(C)C)CC(C)C. The van der Waals surface area contributed by atoms with Gasteiger partial charge in [-0.2, -0.15) is 0 Å². The molecule has 0 nitrogen and oxygen atoms in total. The van der Waals surface area contributed by atoms with Gasteiger partial charge in [0.25, 0.3) is 0 Å². The Bertz CT molecular complexity index is 79.6. The average Bonchev–Trinajstić information content (AvgIpc) is 1.84. The van der Waals surface area contributed by atoms with Crippen LogP contribution < -0.4 is 0 Å². The first kappa shape index (κ1) is 11.1. The molecule has 11 heavy (non-hydrogen) atoms. The van der Waals surface area contributed by atoms with Crippen molar-refractivity contribution in [2.24, 2.45) is 5.92 Å². The molecule has 0 amide bonds. The van der Waals surface area contributed by atoms with E-state index in [-0.39, 0.29) is 0 Å². The van der Waals surface area contributed by atoms with Gasteiger partial charge in [0.1, 0.15) is 14.6 Å². The summed E-state index contributed by atoms with van der Waals surface area (Å²) in [7, 11) is 2.77. The summed E-state index contributed by atoms with van der Waals surface area (Å²) in [5, 5.41) is 0. The molecule has 64 valence electrons. The lowest BCUT2D eigenvalue weighted by Crippen LogP contribution is -2.14. The summed E-state index contributed by atoms with van der Waals surface area (Å²) < 4.78 is 0. The van der Waals surface area contributed by atoms with E-state index in [0.717, 1.165) is 17.5 Å². The van der Waals surface area contributed by atoms with E-state index in [4.69, 9.17) is 0 Å². The largest absolute Gasteiger partial charge is 0.119 e. The normalized spacial score (nSPS) is 13.7. The molecule has 0 radical (unpaired) electrons. The molecule has 0 unspecified atom stereocenters. The fourth-order valence-corrected chi connectivity index (χ4v) is 1.76. The maximum Gasteiger partial charge on any atom is 0.119 e.